The molecule has 0 bridgehead atoms. The molecule has 0 aliphatic carbocycles. The number of ether oxygens (including phenoxy) is 2. The van der Waals surface area contributed by atoms with Crippen LogP contribution in [0, 0.1) is 0 Å². The average Bonchev–Trinajstić information content (AvgIpc) is 2.78. The van der Waals surface area contributed by atoms with Gasteiger partial charge in [0.05, 0.1) is 12.0 Å². The molecule has 162 valence electrons. The van der Waals surface area contributed by atoms with Crippen LogP contribution in [-0.2, 0) is 21.2 Å². The quantitative estimate of drug-likeness (QED) is 0.523. The number of carbonyl (C=O) groups is 1. The highest BCUT2D eigenvalue weighted by molar-refractivity contribution is 7.92. The molecule has 2 N–H and O–H groups in total. The summed E-state index contributed by atoms with van der Waals surface area (Å²) in [7, 11) is -2.22. The molecule has 0 spiro atoms. The fourth-order valence-electron chi connectivity index (χ4n) is 2.87. The zero-order chi connectivity index (χ0) is 22.3. The molecule has 0 radical (unpaired) electrons. The molecule has 0 aliphatic heterocycles. The number of anilines is 2. The second-order valence-electron chi connectivity index (χ2n) is 6.65. The first-order valence-electron chi connectivity index (χ1n) is 9.69. The first-order chi connectivity index (χ1) is 14.9. The van der Waals surface area contributed by atoms with E-state index >= 15 is 0 Å². The fraction of sp³-hybridized carbons (Fsp3) is 0.174. The summed E-state index contributed by atoms with van der Waals surface area (Å²) in [6.45, 7) is 1.83. The minimum atomic E-state index is -3.75. The van der Waals surface area contributed by atoms with E-state index in [9.17, 15) is 13.2 Å². The van der Waals surface area contributed by atoms with Gasteiger partial charge < -0.3 is 14.8 Å². The summed E-state index contributed by atoms with van der Waals surface area (Å²) >= 11 is 0. The number of para-hydroxylation sites is 1. The molecule has 0 aromatic heterocycles. The van der Waals surface area contributed by atoms with Crippen LogP contribution in [0.2, 0.25) is 0 Å². The summed E-state index contributed by atoms with van der Waals surface area (Å²) in [5.41, 5.74) is 2.21. The van der Waals surface area contributed by atoms with E-state index in [2.05, 4.69) is 10.0 Å². The predicted octanol–water partition coefficient (Wildman–Crippen LogP) is 4.08. The summed E-state index contributed by atoms with van der Waals surface area (Å²) in [6, 6.07) is 20.0. The van der Waals surface area contributed by atoms with Crippen molar-refractivity contribution in [3.05, 3.63) is 78.4 Å². The monoisotopic (exact) mass is 440 g/mol. The fourth-order valence-corrected chi connectivity index (χ4v) is 3.93. The van der Waals surface area contributed by atoms with E-state index in [1.165, 1.54) is 31.4 Å². The Morgan fingerprint density at radius 2 is 1.55 bits per heavy atom. The Hall–Kier alpha value is -3.52. The molecule has 31 heavy (non-hydrogen) atoms. The van der Waals surface area contributed by atoms with Crippen LogP contribution in [0.3, 0.4) is 0 Å². The standard InChI is InChI=1S/C23H24N2O5S/c1-3-17-6-4-5-7-22(17)24-23(26)16-30-20-12-14-21(15-13-20)31(27,28)25-18-8-10-19(29-2)11-9-18/h4-15,25H,3,16H2,1-2H3,(H,24,26). The number of rotatable bonds is 9. The lowest BCUT2D eigenvalue weighted by molar-refractivity contribution is -0.118. The highest BCUT2D eigenvalue weighted by atomic mass is 32.2. The van der Waals surface area contributed by atoms with E-state index < -0.39 is 10.0 Å². The normalized spacial score (nSPS) is 10.9. The second kappa shape index (κ2) is 9.99. The van der Waals surface area contributed by atoms with Gasteiger partial charge in [0.25, 0.3) is 15.9 Å². The number of amides is 1. The molecule has 7 nitrogen and oxygen atoms in total. The molecule has 1 amide bonds. The largest absolute Gasteiger partial charge is 0.497 e. The molecule has 8 heteroatoms. The Bertz CT molecular complexity index is 1130. The number of sulfonamides is 1. The Kier molecular flexibility index (Phi) is 7.15. The molecule has 3 aromatic carbocycles. The zero-order valence-electron chi connectivity index (χ0n) is 17.3. The summed E-state index contributed by atoms with van der Waals surface area (Å²) < 4.78 is 38.2. The molecular weight excluding hydrogens is 416 g/mol. The number of hydrogen-bond donors (Lipinski definition) is 2. The van der Waals surface area contributed by atoms with Crippen LogP contribution in [0.1, 0.15) is 12.5 Å². The molecule has 0 saturated heterocycles. The maximum atomic E-state index is 12.5. The van der Waals surface area contributed by atoms with Crippen molar-refractivity contribution in [2.75, 3.05) is 23.8 Å². The summed E-state index contributed by atoms with van der Waals surface area (Å²) in [5, 5.41) is 2.82. The molecule has 0 saturated carbocycles. The minimum absolute atomic E-state index is 0.0805. The van der Waals surface area contributed by atoms with E-state index in [0.29, 0.717) is 17.2 Å². The molecular formula is C23H24N2O5S. The Morgan fingerprint density at radius 3 is 2.19 bits per heavy atom. The van der Waals surface area contributed by atoms with Crippen LogP contribution < -0.4 is 19.5 Å². The van der Waals surface area contributed by atoms with Crippen molar-refractivity contribution in [2.24, 2.45) is 0 Å². The Labute approximate surface area is 182 Å². The van der Waals surface area contributed by atoms with E-state index in [-0.39, 0.29) is 17.4 Å². The van der Waals surface area contributed by atoms with Gasteiger partial charge in [-0.25, -0.2) is 8.42 Å². The lowest BCUT2D eigenvalue weighted by atomic mass is 10.1. The molecule has 3 rings (SSSR count). The number of carbonyl (C=O) groups excluding carboxylic acids is 1. The molecule has 0 unspecified atom stereocenters. The molecule has 3 aromatic rings. The van der Waals surface area contributed by atoms with Gasteiger partial charge >= 0.3 is 0 Å². The predicted molar refractivity (Wildman–Crippen MR) is 120 cm³/mol. The van der Waals surface area contributed by atoms with Gasteiger partial charge in [-0.05, 0) is 66.6 Å². The number of aryl methyl sites for hydroxylation is 1. The van der Waals surface area contributed by atoms with Gasteiger partial charge in [0.1, 0.15) is 11.5 Å². The summed E-state index contributed by atoms with van der Waals surface area (Å²) in [4.78, 5) is 12.3. The Morgan fingerprint density at radius 1 is 0.903 bits per heavy atom. The minimum Gasteiger partial charge on any atom is -0.497 e. The second-order valence-corrected chi connectivity index (χ2v) is 8.34. The highest BCUT2D eigenvalue weighted by Crippen LogP contribution is 2.21. The van der Waals surface area contributed by atoms with E-state index in [0.717, 1.165) is 17.7 Å². The van der Waals surface area contributed by atoms with Crippen molar-refractivity contribution < 1.29 is 22.7 Å². The van der Waals surface area contributed by atoms with Gasteiger partial charge in [0, 0.05) is 11.4 Å². The lowest BCUT2D eigenvalue weighted by Gasteiger charge is -2.11. The van der Waals surface area contributed by atoms with Gasteiger partial charge in [-0.2, -0.15) is 0 Å². The number of hydrogen-bond acceptors (Lipinski definition) is 5. The van der Waals surface area contributed by atoms with Gasteiger partial charge in [-0.1, -0.05) is 25.1 Å². The van der Waals surface area contributed by atoms with Crippen LogP contribution in [0.15, 0.2) is 77.7 Å². The van der Waals surface area contributed by atoms with Gasteiger partial charge in [-0.3, -0.25) is 9.52 Å². The third kappa shape index (κ3) is 5.99. The third-order valence-corrected chi connectivity index (χ3v) is 5.92. The van der Waals surface area contributed by atoms with Crippen LogP contribution in [-0.4, -0.2) is 28.0 Å². The first-order valence-corrected chi connectivity index (χ1v) is 11.2. The van der Waals surface area contributed by atoms with E-state index in [1.807, 2.05) is 31.2 Å². The number of nitrogens with one attached hydrogen (secondary N) is 2. The van der Waals surface area contributed by atoms with Crippen LogP contribution >= 0.6 is 0 Å². The average molecular weight is 441 g/mol. The Balaban J connectivity index is 1.58. The molecule has 0 fully saturated rings. The summed E-state index contributed by atoms with van der Waals surface area (Å²) in [5.74, 6) is 0.729. The van der Waals surface area contributed by atoms with Crippen molar-refractivity contribution in [1.29, 1.82) is 0 Å². The maximum absolute atomic E-state index is 12.5. The number of benzene rings is 3. The first kappa shape index (κ1) is 22.2. The molecule has 0 heterocycles. The zero-order valence-corrected chi connectivity index (χ0v) is 18.1. The molecule has 0 aliphatic rings. The summed E-state index contributed by atoms with van der Waals surface area (Å²) in [6.07, 6.45) is 0.803. The van der Waals surface area contributed by atoms with E-state index in [1.54, 1.807) is 24.3 Å². The SMILES string of the molecule is CCc1ccccc1NC(=O)COc1ccc(S(=O)(=O)Nc2ccc(OC)cc2)cc1. The van der Waals surface area contributed by atoms with Crippen LogP contribution in [0.4, 0.5) is 11.4 Å². The van der Waals surface area contributed by atoms with Crippen molar-refractivity contribution in [1.82, 2.24) is 0 Å². The van der Waals surface area contributed by atoms with E-state index in [4.69, 9.17) is 9.47 Å². The topological polar surface area (TPSA) is 93.7 Å². The van der Waals surface area contributed by atoms with Crippen molar-refractivity contribution in [2.45, 2.75) is 18.2 Å². The third-order valence-electron chi connectivity index (χ3n) is 4.52. The lowest BCUT2D eigenvalue weighted by Crippen LogP contribution is -2.21. The van der Waals surface area contributed by atoms with Crippen molar-refractivity contribution in [3.8, 4) is 11.5 Å². The van der Waals surface area contributed by atoms with Crippen molar-refractivity contribution in [3.63, 3.8) is 0 Å². The van der Waals surface area contributed by atoms with Gasteiger partial charge in [0.15, 0.2) is 6.61 Å². The highest BCUT2D eigenvalue weighted by Gasteiger charge is 2.14. The van der Waals surface area contributed by atoms with Crippen LogP contribution in [0.5, 0.6) is 11.5 Å². The molecule has 0 atom stereocenters. The van der Waals surface area contributed by atoms with Crippen LogP contribution in [0.25, 0.3) is 0 Å². The van der Waals surface area contributed by atoms with Crippen molar-refractivity contribution >= 4 is 27.3 Å². The smallest absolute Gasteiger partial charge is 0.262 e. The van der Waals surface area contributed by atoms with Gasteiger partial charge in [0.2, 0.25) is 0 Å². The number of methoxy groups -OCH3 is 1. The maximum Gasteiger partial charge on any atom is 0.262 e. The van der Waals surface area contributed by atoms with Gasteiger partial charge in [-0.15, -0.1) is 0 Å².